The lowest BCUT2D eigenvalue weighted by molar-refractivity contribution is -0.114. The number of amides is 1. The summed E-state index contributed by atoms with van der Waals surface area (Å²) in [6.07, 6.45) is 1.16. The Labute approximate surface area is 139 Å². The number of hydrogen-bond donors (Lipinski definition) is 2. The number of aromatic nitrogens is 5. The summed E-state index contributed by atoms with van der Waals surface area (Å²) < 4.78 is 11.8. The minimum absolute atomic E-state index is 0.00119. The molecule has 0 fully saturated rings. The fraction of sp³-hybridized carbons (Fsp3) is 0.154. The van der Waals surface area contributed by atoms with Crippen LogP contribution in [0.2, 0.25) is 0 Å². The molecule has 0 aliphatic carbocycles. The molecule has 0 atom stereocenters. The summed E-state index contributed by atoms with van der Waals surface area (Å²) in [4.78, 5) is 22.9. The zero-order chi connectivity index (χ0) is 16.8. The fourth-order valence-corrected chi connectivity index (χ4v) is 2.21. The molecule has 0 saturated heterocycles. The standard InChI is InChI=1S/C13H12N6O4S/c20-10(18-19-8-14-16-12(19)21)7-24-13-17-15-11(23-13)6-22-9-4-2-1-3-5-9/h1-5,8H,6-7H2,(H,16,21)(H,18,20). The van der Waals surface area contributed by atoms with E-state index in [0.717, 1.165) is 22.8 Å². The Balaban J connectivity index is 1.46. The SMILES string of the molecule is O=C(CSc1nnc(COc2ccccc2)o1)Nn1cn[nH]c1=O. The maximum Gasteiger partial charge on any atom is 0.362 e. The van der Waals surface area contributed by atoms with Crippen LogP contribution in [0.15, 0.2) is 51.1 Å². The molecular weight excluding hydrogens is 336 g/mol. The van der Waals surface area contributed by atoms with E-state index in [-0.39, 0.29) is 17.6 Å². The van der Waals surface area contributed by atoms with Crippen LogP contribution in [0, 0.1) is 0 Å². The van der Waals surface area contributed by atoms with Crippen molar-refractivity contribution in [1.82, 2.24) is 25.1 Å². The highest BCUT2D eigenvalue weighted by Gasteiger charge is 2.11. The van der Waals surface area contributed by atoms with Crippen LogP contribution in [0.25, 0.3) is 0 Å². The van der Waals surface area contributed by atoms with Crippen LogP contribution in [0.1, 0.15) is 5.89 Å². The monoisotopic (exact) mass is 348 g/mol. The van der Waals surface area contributed by atoms with Crippen LogP contribution in [0.4, 0.5) is 0 Å². The van der Waals surface area contributed by atoms with E-state index in [0.29, 0.717) is 11.6 Å². The average molecular weight is 348 g/mol. The van der Waals surface area contributed by atoms with Gasteiger partial charge in [-0.2, -0.15) is 9.77 Å². The molecule has 0 unspecified atom stereocenters. The lowest BCUT2D eigenvalue weighted by atomic mass is 10.3. The predicted octanol–water partition coefficient (Wildman–Crippen LogP) is 0.396. The molecule has 124 valence electrons. The van der Waals surface area contributed by atoms with Crippen molar-refractivity contribution >= 4 is 17.7 Å². The number of nitrogens with one attached hydrogen (secondary N) is 2. The molecule has 3 rings (SSSR count). The number of thioether (sulfide) groups is 1. The first kappa shape index (κ1) is 15.8. The maximum atomic E-state index is 11.7. The highest BCUT2D eigenvalue weighted by atomic mass is 32.2. The molecule has 2 heterocycles. The van der Waals surface area contributed by atoms with Gasteiger partial charge in [-0.05, 0) is 12.1 Å². The van der Waals surface area contributed by atoms with Crippen LogP contribution >= 0.6 is 11.8 Å². The van der Waals surface area contributed by atoms with Crippen molar-refractivity contribution in [3.8, 4) is 5.75 Å². The highest BCUT2D eigenvalue weighted by Crippen LogP contribution is 2.17. The molecule has 1 amide bonds. The zero-order valence-corrected chi connectivity index (χ0v) is 13.0. The zero-order valence-electron chi connectivity index (χ0n) is 12.2. The topological polar surface area (TPSA) is 128 Å². The first-order valence-electron chi connectivity index (χ1n) is 6.75. The Morgan fingerprint density at radius 3 is 2.92 bits per heavy atom. The molecule has 24 heavy (non-hydrogen) atoms. The minimum Gasteiger partial charge on any atom is -0.484 e. The summed E-state index contributed by atoms with van der Waals surface area (Å²) in [5, 5.41) is 13.5. The van der Waals surface area contributed by atoms with Gasteiger partial charge in [-0.3, -0.25) is 10.2 Å². The number of aromatic amines is 1. The van der Waals surface area contributed by atoms with Gasteiger partial charge in [0.15, 0.2) is 6.61 Å². The molecule has 0 radical (unpaired) electrons. The van der Waals surface area contributed by atoms with Crippen LogP contribution in [0.5, 0.6) is 5.75 Å². The lowest BCUT2D eigenvalue weighted by Gasteiger charge is -2.02. The molecule has 11 heteroatoms. The average Bonchev–Trinajstić information content (AvgIpc) is 3.21. The van der Waals surface area contributed by atoms with Gasteiger partial charge < -0.3 is 9.15 Å². The van der Waals surface area contributed by atoms with Crippen molar-refractivity contribution in [3.63, 3.8) is 0 Å². The molecule has 0 aliphatic heterocycles. The van der Waals surface area contributed by atoms with E-state index >= 15 is 0 Å². The Morgan fingerprint density at radius 1 is 1.33 bits per heavy atom. The number of benzene rings is 1. The third-order valence-corrected chi connectivity index (χ3v) is 3.50. The van der Waals surface area contributed by atoms with Crippen LogP contribution in [-0.4, -0.2) is 36.7 Å². The van der Waals surface area contributed by atoms with Crippen LogP contribution in [0.3, 0.4) is 0 Å². The van der Waals surface area contributed by atoms with Gasteiger partial charge in [0.1, 0.15) is 12.1 Å². The number of H-pyrrole nitrogens is 1. The van der Waals surface area contributed by atoms with Crippen molar-refractivity contribution in [2.75, 3.05) is 11.2 Å². The maximum absolute atomic E-state index is 11.7. The van der Waals surface area contributed by atoms with Gasteiger partial charge >= 0.3 is 5.69 Å². The quantitative estimate of drug-likeness (QED) is 0.587. The molecule has 0 aliphatic rings. The normalized spacial score (nSPS) is 10.5. The van der Waals surface area contributed by atoms with Crippen molar-refractivity contribution in [1.29, 1.82) is 0 Å². The van der Waals surface area contributed by atoms with Gasteiger partial charge in [-0.15, -0.1) is 10.2 Å². The van der Waals surface area contributed by atoms with Gasteiger partial charge in [0.05, 0.1) is 5.75 Å². The molecule has 0 spiro atoms. The third-order valence-electron chi connectivity index (χ3n) is 2.68. The number of ether oxygens (including phenoxy) is 1. The molecule has 10 nitrogen and oxygen atoms in total. The number of para-hydroxylation sites is 1. The van der Waals surface area contributed by atoms with Crippen LogP contribution in [-0.2, 0) is 11.4 Å². The largest absolute Gasteiger partial charge is 0.484 e. The van der Waals surface area contributed by atoms with E-state index in [1.165, 1.54) is 0 Å². The number of nitrogens with zero attached hydrogens (tertiary/aromatic N) is 4. The summed E-state index contributed by atoms with van der Waals surface area (Å²) in [7, 11) is 0. The number of rotatable bonds is 7. The molecular formula is C13H12N6O4S. The van der Waals surface area contributed by atoms with Crippen molar-refractivity contribution in [3.05, 3.63) is 53.0 Å². The minimum atomic E-state index is -0.536. The van der Waals surface area contributed by atoms with E-state index < -0.39 is 11.6 Å². The second kappa shape index (κ2) is 7.46. The molecule has 1 aromatic carbocycles. The summed E-state index contributed by atoms with van der Waals surface area (Å²) in [5.74, 6) is 0.574. The summed E-state index contributed by atoms with van der Waals surface area (Å²) in [5.41, 5.74) is 1.81. The van der Waals surface area contributed by atoms with E-state index in [1.54, 1.807) is 0 Å². The highest BCUT2D eigenvalue weighted by molar-refractivity contribution is 7.99. The van der Waals surface area contributed by atoms with Gasteiger partial charge in [-0.1, -0.05) is 30.0 Å². The molecule has 0 saturated carbocycles. The number of carbonyl (C=O) groups is 1. The fourth-order valence-electron chi connectivity index (χ4n) is 1.64. The first-order valence-corrected chi connectivity index (χ1v) is 7.74. The number of carbonyl (C=O) groups excluding carboxylic acids is 1. The molecule has 3 aromatic rings. The molecule has 2 N–H and O–H groups in total. The van der Waals surface area contributed by atoms with E-state index in [1.807, 2.05) is 30.3 Å². The molecule has 0 bridgehead atoms. The Morgan fingerprint density at radius 2 is 2.17 bits per heavy atom. The summed E-state index contributed by atoms with van der Waals surface area (Å²) >= 11 is 1.04. The Hall–Kier alpha value is -3.08. The predicted molar refractivity (Wildman–Crippen MR) is 83.0 cm³/mol. The lowest BCUT2D eigenvalue weighted by Crippen LogP contribution is -2.31. The van der Waals surface area contributed by atoms with E-state index in [4.69, 9.17) is 9.15 Å². The second-order valence-corrected chi connectivity index (χ2v) is 5.35. The van der Waals surface area contributed by atoms with E-state index in [2.05, 4.69) is 25.8 Å². The Kier molecular flexibility index (Phi) is 4.91. The van der Waals surface area contributed by atoms with Gasteiger partial charge in [0.25, 0.3) is 11.1 Å². The first-order chi connectivity index (χ1) is 11.7. The van der Waals surface area contributed by atoms with Crippen molar-refractivity contribution < 1.29 is 13.9 Å². The van der Waals surface area contributed by atoms with Crippen molar-refractivity contribution in [2.45, 2.75) is 11.8 Å². The Bertz CT molecular complexity index is 858. The molecule has 2 aromatic heterocycles. The van der Waals surface area contributed by atoms with Crippen molar-refractivity contribution in [2.24, 2.45) is 0 Å². The van der Waals surface area contributed by atoms with E-state index in [9.17, 15) is 9.59 Å². The third kappa shape index (κ3) is 4.23. The second-order valence-electron chi connectivity index (χ2n) is 4.42. The number of hydrogen-bond acceptors (Lipinski definition) is 8. The summed E-state index contributed by atoms with van der Waals surface area (Å²) in [6.45, 7) is 0.133. The van der Waals surface area contributed by atoms with Gasteiger partial charge in [0, 0.05) is 0 Å². The summed E-state index contributed by atoms with van der Waals surface area (Å²) in [6, 6.07) is 9.22. The smallest absolute Gasteiger partial charge is 0.362 e. The van der Waals surface area contributed by atoms with Crippen LogP contribution < -0.4 is 15.9 Å². The van der Waals surface area contributed by atoms with Gasteiger partial charge in [-0.25, -0.2) is 9.89 Å². The van der Waals surface area contributed by atoms with Gasteiger partial charge in [0.2, 0.25) is 5.91 Å².